The minimum Gasteiger partial charge on any atom is -0.395 e. The molecule has 170 valence electrons. The molecule has 9 heteroatoms. The second-order valence-corrected chi connectivity index (χ2v) is 9.65. The summed E-state index contributed by atoms with van der Waals surface area (Å²) in [5.74, 6) is 1.27. The van der Waals surface area contributed by atoms with Crippen molar-refractivity contribution in [3.8, 4) is 17.3 Å². The van der Waals surface area contributed by atoms with Gasteiger partial charge in [-0.1, -0.05) is 13.8 Å². The predicted octanol–water partition coefficient (Wildman–Crippen LogP) is 2.98. The number of nitrogens with zero attached hydrogens (tertiary/aromatic N) is 5. The molecule has 3 N–H and O–H groups in total. The maximum absolute atomic E-state index is 9.96. The first-order valence-electron chi connectivity index (χ1n) is 11.0. The summed E-state index contributed by atoms with van der Waals surface area (Å²) >= 11 is 0. The van der Waals surface area contributed by atoms with Crippen molar-refractivity contribution in [2.45, 2.75) is 32.7 Å². The van der Waals surface area contributed by atoms with Crippen LogP contribution in [-0.2, 0) is 16.7 Å². The molecule has 5 rings (SSSR count). The summed E-state index contributed by atoms with van der Waals surface area (Å²) in [6, 6.07) is 9.90. The van der Waals surface area contributed by atoms with Gasteiger partial charge in [0.1, 0.15) is 11.9 Å². The highest BCUT2D eigenvalue weighted by Gasteiger charge is 2.36. The number of hydrogen-bond acceptors (Lipinski definition) is 8. The van der Waals surface area contributed by atoms with Crippen molar-refractivity contribution in [1.82, 2.24) is 19.7 Å². The van der Waals surface area contributed by atoms with Crippen LogP contribution in [0.25, 0.3) is 11.3 Å². The number of rotatable bonds is 6. The summed E-state index contributed by atoms with van der Waals surface area (Å²) in [7, 11) is 0. The third-order valence-corrected chi connectivity index (χ3v) is 6.44. The van der Waals surface area contributed by atoms with Gasteiger partial charge in [-0.25, -0.2) is 14.6 Å². The van der Waals surface area contributed by atoms with Crippen molar-refractivity contribution in [2.24, 2.45) is 5.41 Å². The Morgan fingerprint density at radius 1 is 1.30 bits per heavy atom. The van der Waals surface area contributed by atoms with Crippen LogP contribution in [0.2, 0.25) is 0 Å². The number of hydrogen-bond donors (Lipinski definition) is 3. The third kappa shape index (κ3) is 3.81. The van der Waals surface area contributed by atoms with E-state index in [1.54, 1.807) is 6.20 Å². The van der Waals surface area contributed by atoms with Crippen LogP contribution in [0.3, 0.4) is 0 Å². The molecule has 0 spiro atoms. The number of ether oxygens (including phenoxy) is 1. The van der Waals surface area contributed by atoms with Gasteiger partial charge in [-0.2, -0.15) is 10.4 Å². The molecule has 0 bridgehead atoms. The molecule has 2 aliphatic heterocycles. The van der Waals surface area contributed by atoms with Crippen LogP contribution in [0.15, 0.2) is 30.5 Å². The summed E-state index contributed by atoms with van der Waals surface area (Å²) in [5.41, 5.74) is 4.29. The lowest BCUT2D eigenvalue weighted by molar-refractivity contribution is -0.111. The van der Waals surface area contributed by atoms with Crippen LogP contribution < -0.4 is 10.6 Å². The molecule has 0 amide bonds. The Morgan fingerprint density at radius 2 is 2.12 bits per heavy atom. The fraction of sp³-hybridized carbons (Fsp3) is 0.417. The molecule has 9 nitrogen and oxygen atoms in total. The van der Waals surface area contributed by atoms with Crippen molar-refractivity contribution in [3.63, 3.8) is 0 Å². The molecule has 0 radical (unpaired) electrons. The average molecular weight is 446 g/mol. The number of nitrogens with one attached hydrogen (secondary N) is 2. The Labute approximate surface area is 192 Å². The van der Waals surface area contributed by atoms with Crippen molar-refractivity contribution < 1.29 is 9.84 Å². The molecule has 4 heterocycles. The molecule has 2 aliphatic rings. The van der Waals surface area contributed by atoms with Gasteiger partial charge >= 0.3 is 0 Å². The SMILES string of the molecule is Cc1cc(Nc2nccc(-c3cc(C#N)c4c(c3)[C@@](C)(CO)CN4)n2)n(CC2(C)COC2)n1. The molecular weight excluding hydrogens is 418 g/mol. The van der Waals surface area contributed by atoms with Gasteiger partial charge in [0.15, 0.2) is 0 Å². The Bertz CT molecular complexity index is 1260. The Hall–Kier alpha value is -3.48. The molecule has 1 saturated heterocycles. The summed E-state index contributed by atoms with van der Waals surface area (Å²) in [6.07, 6.45) is 1.70. The summed E-state index contributed by atoms with van der Waals surface area (Å²) in [4.78, 5) is 9.11. The first kappa shape index (κ1) is 21.4. The smallest absolute Gasteiger partial charge is 0.228 e. The number of aryl methyl sites for hydroxylation is 1. The molecule has 2 aromatic heterocycles. The van der Waals surface area contributed by atoms with E-state index in [0.29, 0.717) is 23.8 Å². The van der Waals surface area contributed by atoms with E-state index in [9.17, 15) is 10.4 Å². The minimum absolute atomic E-state index is 0.00873. The number of aliphatic hydroxyl groups is 1. The van der Waals surface area contributed by atoms with Crippen LogP contribution >= 0.6 is 0 Å². The van der Waals surface area contributed by atoms with Gasteiger partial charge in [0.2, 0.25) is 5.95 Å². The number of aromatic nitrogens is 4. The maximum atomic E-state index is 9.96. The zero-order valence-electron chi connectivity index (χ0n) is 19.0. The number of nitriles is 1. The van der Waals surface area contributed by atoms with E-state index in [1.165, 1.54) is 0 Å². The van der Waals surface area contributed by atoms with Gasteiger partial charge in [-0.3, -0.25) is 0 Å². The van der Waals surface area contributed by atoms with Crippen LogP contribution in [0.5, 0.6) is 0 Å². The maximum Gasteiger partial charge on any atom is 0.228 e. The lowest BCUT2D eigenvalue weighted by atomic mass is 9.83. The zero-order chi connectivity index (χ0) is 23.2. The Balaban J connectivity index is 1.47. The van der Waals surface area contributed by atoms with Crippen LogP contribution in [-0.4, -0.2) is 51.2 Å². The van der Waals surface area contributed by atoms with Crippen LogP contribution in [0.1, 0.15) is 30.7 Å². The standard InChI is InChI=1S/C24H27N7O2/c1-15-6-20(31(30-15)11-23(2)13-33-14-23)29-22-26-5-4-19(28-22)16-7-17(9-25)21-18(8-16)24(3,12-32)10-27-21/h4-8,27,32H,10-14H2,1-3H3,(H,26,28,29)/t24-/m1/s1. The minimum atomic E-state index is -0.448. The molecule has 1 atom stereocenters. The fourth-order valence-corrected chi connectivity index (χ4v) is 4.43. The second-order valence-electron chi connectivity index (χ2n) is 9.65. The van der Waals surface area contributed by atoms with E-state index in [4.69, 9.17) is 9.72 Å². The van der Waals surface area contributed by atoms with E-state index in [2.05, 4.69) is 33.7 Å². The van der Waals surface area contributed by atoms with Crippen molar-refractivity contribution >= 4 is 17.5 Å². The van der Waals surface area contributed by atoms with Gasteiger partial charge in [0, 0.05) is 35.2 Å². The van der Waals surface area contributed by atoms with Gasteiger partial charge in [-0.15, -0.1) is 0 Å². The Kier molecular flexibility index (Phi) is 5.07. The second kappa shape index (κ2) is 7.83. The highest BCUT2D eigenvalue weighted by molar-refractivity contribution is 5.76. The topological polar surface area (TPSA) is 121 Å². The molecule has 0 unspecified atom stereocenters. The van der Waals surface area contributed by atoms with Gasteiger partial charge in [-0.05, 0) is 30.7 Å². The van der Waals surface area contributed by atoms with E-state index >= 15 is 0 Å². The van der Waals surface area contributed by atoms with Crippen molar-refractivity contribution in [1.29, 1.82) is 5.26 Å². The average Bonchev–Trinajstić information content (AvgIpc) is 3.31. The molecular formula is C24H27N7O2. The molecule has 0 aliphatic carbocycles. The molecule has 1 aromatic carbocycles. The first-order valence-corrected chi connectivity index (χ1v) is 11.0. The normalized spacial score (nSPS) is 20.5. The lowest BCUT2D eigenvalue weighted by Gasteiger charge is -2.38. The monoisotopic (exact) mass is 445 g/mol. The van der Waals surface area contributed by atoms with E-state index in [0.717, 1.165) is 48.1 Å². The molecule has 1 fully saturated rings. The highest BCUT2D eigenvalue weighted by Crippen LogP contribution is 2.41. The number of benzene rings is 1. The van der Waals surface area contributed by atoms with Crippen LogP contribution in [0.4, 0.5) is 17.5 Å². The van der Waals surface area contributed by atoms with Gasteiger partial charge < -0.3 is 20.5 Å². The quantitative estimate of drug-likeness (QED) is 0.530. The third-order valence-electron chi connectivity index (χ3n) is 6.44. The van der Waals surface area contributed by atoms with Crippen LogP contribution in [0, 0.1) is 23.7 Å². The van der Waals surface area contributed by atoms with Crippen molar-refractivity contribution in [2.75, 3.05) is 37.0 Å². The number of anilines is 3. The lowest BCUT2D eigenvalue weighted by Crippen LogP contribution is -2.43. The number of aliphatic hydroxyl groups excluding tert-OH is 1. The summed E-state index contributed by atoms with van der Waals surface area (Å²) in [5, 5.41) is 30.9. The van der Waals surface area contributed by atoms with E-state index < -0.39 is 5.41 Å². The highest BCUT2D eigenvalue weighted by atomic mass is 16.5. The van der Waals surface area contributed by atoms with Crippen molar-refractivity contribution in [3.05, 3.63) is 47.3 Å². The fourth-order valence-electron chi connectivity index (χ4n) is 4.43. The molecule has 3 aromatic rings. The van der Waals surface area contributed by atoms with E-state index in [1.807, 2.05) is 42.8 Å². The first-order chi connectivity index (χ1) is 15.8. The Morgan fingerprint density at radius 3 is 2.82 bits per heavy atom. The summed E-state index contributed by atoms with van der Waals surface area (Å²) in [6.45, 7) is 8.89. The number of fused-ring (bicyclic) bond motifs is 1. The molecule has 33 heavy (non-hydrogen) atoms. The predicted molar refractivity (Wildman–Crippen MR) is 124 cm³/mol. The summed E-state index contributed by atoms with van der Waals surface area (Å²) < 4.78 is 7.32. The van der Waals surface area contributed by atoms with Gasteiger partial charge in [0.25, 0.3) is 0 Å². The van der Waals surface area contributed by atoms with E-state index in [-0.39, 0.29) is 12.0 Å². The van der Waals surface area contributed by atoms with Gasteiger partial charge in [0.05, 0.1) is 49.0 Å². The largest absolute Gasteiger partial charge is 0.395 e. The molecule has 0 saturated carbocycles. The zero-order valence-corrected chi connectivity index (χ0v) is 19.0.